The van der Waals surface area contributed by atoms with Crippen LogP contribution < -0.4 is 0 Å². The molecular formula is C36H40. The van der Waals surface area contributed by atoms with Gasteiger partial charge in [0, 0.05) is 5.92 Å². The van der Waals surface area contributed by atoms with Crippen LogP contribution in [-0.4, -0.2) is 0 Å². The molecule has 4 unspecified atom stereocenters. The van der Waals surface area contributed by atoms with E-state index in [0.29, 0.717) is 23.7 Å². The van der Waals surface area contributed by atoms with Gasteiger partial charge >= 0.3 is 0 Å². The predicted octanol–water partition coefficient (Wildman–Crippen LogP) is 9.99. The molecule has 0 aromatic heterocycles. The van der Waals surface area contributed by atoms with E-state index in [1.807, 2.05) is 0 Å². The van der Waals surface area contributed by atoms with Crippen molar-refractivity contribution in [3.8, 4) is 0 Å². The zero-order valence-corrected chi connectivity index (χ0v) is 22.3. The summed E-state index contributed by atoms with van der Waals surface area (Å²) in [5, 5.41) is 0. The summed E-state index contributed by atoms with van der Waals surface area (Å²) in [4.78, 5) is 0. The first-order valence-electron chi connectivity index (χ1n) is 13.7. The molecule has 36 heavy (non-hydrogen) atoms. The molecule has 0 radical (unpaired) electrons. The lowest BCUT2D eigenvalue weighted by Crippen LogP contribution is -2.34. The van der Waals surface area contributed by atoms with Gasteiger partial charge in [-0.25, -0.2) is 0 Å². The highest BCUT2D eigenvalue weighted by Crippen LogP contribution is 2.56. The highest BCUT2D eigenvalue weighted by molar-refractivity contribution is 5.75. The van der Waals surface area contributed by atoms with Crippen molar-refractivity contribution in [2.24, 2.45) is 23.7 Å². The molecule has 0 aliphatic heterocycles. The van der Waals surface area contributed by atoms with Gasteiger partial charge in [0.05, 0.1) is 0 Å². The minimum absolute atomic E-state index is 0.418. The van der Waals surface area contributed by atoms with E-state index < -0.39 is 0 Å². The molecule has 184 valence electrons. The molecule has 1 aromatic rings. The van der Waals surface area contributed by atoms with Crippen molar-refractivity contribution >= 4 is 11.1 Å². The molecule has 4 atom stereocenters. The Morgan fingerprint density at radius 3 is 2.47 bits per heavy atom. The van der Waals surface area contributed by atoms with Gasteiger partial charge in [-0.05, 0) is 83.8 Å². The first-order chi connectivity index (χ1) is 17.4. The third-order valence-corrected chi connectivity index (χ3v) is 8.64. The molecule has 1 fully saturated rings. The Bertz CT molecular complexity index is 1280. The maximum absolute atomic E-state index is 4.71. The van der Waals surface area contributed by atoms with Gasteiger partial charge in [0.25, 0.3) is 0 Å². The number of rotatable bonds is 7. The maximum Gasteiger partial charge on any atom is 0.0120 e. The predicted molar refractivity (Wildman–Crippen MR) is 157 cm³/mol. The minimum atomic E-state index is 0.418. The summed E-state index contributed by atoms with van der Waals surface area (Å²) in [6.07, 6.45) is 21.9. The number of benzene rings is 1. The summed E-state index contributed by atoms with van der Waals surface area (Å²) < 4.78 is 0. The molecular weight excluding hydrogens is 432 g/mol. The van der Waals surface area contributed by atoms with E-state index in [-0.39, 0.29) is 0 Å². The topological polar surface area (TPSA) is 0 Å². The fraction of sp³-hybridized carbons (Fsp3) is 0.333. The van der Waals surface area contributed by atoms with Crippen molar-refractivity contribution in [1.82, 2.24) is 0 Å². The van der Waals surface area contributed by atoms with Crippen molar-refractivity contribution in [2.75, 3.05) is 0 Å². The molecule has 1 saturated carbocycles. The SMILES string of the molecule is C=C(C)c1ccc(C2=CC=C(C=C3CC4=CC(C)C(C(=C)CCC)C(C5=CC=CC5)C4C3=C)C2)cc1. The molecule has 4 aliphatic carbocycles. The molecule has 0 saturated heterocycles. The van der Waals surface area contributed by atoms with Crippen molar-refractivity contribution < 1.29 is 0 Å². The summed E-state index contributed by atoms with van der Waals surface area (Å²) >= 11 is 0. The van der Waals surface area contributed by atoms with Crippen LogP contribution in [0.3, 0.4) is 0 Å². The van der Waals surface area contributed by atoms with E-state index >= 15 is 0 Å². The average molecular weight is 473 g/mol. The van der Waals surface area contributed by atoms with Crippen LogP contribution in [0.4, 0.5) is 0 Å². The van der Waals surface area contributed by atoms with Crippen molar-refractivity contribution in [2.45, 2.75) is 52.9 Å². The largest absolute Gasteiger partial charge is 0.0995 e. The van der Waals surface area contributed by atoms with E-state index in [9.17, 15) is 0 Å². The standard InChI is InChI=1S/C36H40/c1-7-10-24(4)34-25(5)19-33-22-32(26(6)35(33)36(34)30-11-8-9-12-30)21-27-13-14-31(20-27)29-17-15-28(16-18-29)23(2)3/h8-9,11,13-19,21,25,34-36H,2,4,6-7,10,12,20,22H2,1,3,5H3. The van der Waals surface area contributed by atoms with Crippen molar-refractivity contribution in [3.63, 3.8) is 0 Å². The van der Waals surface area contributed by atoms with Crippen LogP contribution in [0.25, 0.3) is 11.1 Å². The van der Waals surface area contributed by atoms with Gasteiger partial charge in [0.15, 0.2) is 0 Å². The Hall–Kier alpha value is -3.12. The molecule has 4 aliphatic rings. The van der Waals surface area contributed by atoms with Gasteiger partial charge in [0.1, 0.15) is 0 Å². The third-order valence-electron chi connectivity index (χ3n) is 8.64. The summed E-state index contributed by atoms with van der Waals surface area (Å²) in [6, 6.07) is 8.82. The maximum atomic E-state index is 4.71. The highest BCUT2D eigenvalue weighted by Gasteiger charge is 2.45. The quantitative estimate of drug-likeness (QED) is 0.346. The van der Waals surface area contributed by atoms with E-state index in [1.165, 1.54) is 45.4 Å². The van der Waals surface area contributed by atoms with Crippen LogP contribution in [0, 0.1) is 23.7 Å². The fourth-order valence-corrected chi connectivity index (χ4v) is 6.90. The molecule has 1 aromatic carbocycles. The van der Waals surface area contributed by atoms with E-state index in [4.69, 9.17) is 6.58 Å². The second-order valence-electron chi connectivity index (χ2n) is 11.3. The Morgan fingerprint density at radius 1 is 1.03 bits per heavy atom. The zero-order valence-electron chi connectivity index (χ0n) is 22.3. The number of hydrogen-bond acceptors (Lipinski definition) is 0. The Morgan fingerprint density at radius 2 is 1.81 bits per heavy atom. The van der Waals surface area contributed by atoms with Crippen LogP contribution in [0.2, 0.25) is 0 Å². The van der Waals surface area contributed by atoms with Gasteiger partial charge in [-0.1, -0.05) is 129 Å². The number of hydrogen-bond donors (Lipinski definition) is 0. The van der Waals surface area contributed by atoms with Crippen LogP contribution >= 0.6 is 0 Å². The highest BCUT2D eigenvalue weighted by atomic mass is 14.5. The van der Waals surface area contributed by atoms with Gasteiger partial charge in [-0.2, -0.15) is 0 Å². The van der Waals surface area contributed by atoms with Crippen molar-refractivity contribution in [3.05, 3.63) is 131 Å². The molecule has 0 spiro atoms. The smallest absolute Gasteiger partial charge is 0.0120 e. The van der Waals surface area contributed by atoms with Crippen LogP contribution in [0.15, 0.2) is 120 Å². The molecule has 0 heterocycles. The first-order valence-corrected chi connectivity index (χ1v) is 13.7. The fourth-order valence-electron chi connectivity index (χ4n) is 6.90. The molecule has 0 nitrogen and oxygen atoms in total. The van der Waals surface area contributed by atoms with Crippen LogP contribution in [0.1, 0.15) is 64.0 Å². The van der Waals surface area contributed by atoms with Gasteiger partial charge in [-0.15, -0.1) is 0 Å². The molecule has 0 amide bonds. The normalized spacial score (nSPS) is 28.1. The zero-order chi connectivity index (χ0) is 25.4. The summed E-state index contributed by atoms with van der Waals surface area (Å²) in [7, 11) is 0. The summed E-state index contributed by atoms with van der Waals surface area (Å²) in [6.45, 7) is 20.1. The van der Waals surface area contributed by atoms with Gasteiger partial charge in [-0.3, -0.25) is 0 Å². The molecule has 0 N–H and O–H groups in total. The monoisotopic (exact) mass is 472 g/mol. The third kappa shape index (κ3) is 4.55. The second-order valence-corrected chi connectivity index (χ2v) is 11.3. The van der Waals surface area contributed by atoms with Gasteiger partial charge < -0.3 is 0 Å². The lowest BCUT2D eigenvalue weighted by atomic mass is 9.62. The summed E-state index contributed by atoms with van der Waals surface area (Å²) in [5.41, 5.74) is 13.7. The summed E-state index contributed by atoms with van der Waals surface area (Å²) in [5.74, 6) is 1.93. The Labute approximate surface area is 218 Å². The van der Waals surface area contributed by atoms with E-state index in [2.05, 4.69) is 101 Å². The van der Waals surface area contributed by atoms with E-state index in [0.717, 1.165) is 31.3 Å². The molecule has 5 rings (SSSR count). The number of allylic oxidation sites excluding steroid dienone is 15. The lowest BCUT2D eigenvalue weighted by Gasteiger charge is -2.42. The van der Waals surface area contributed by atoms with Crippen molar-refractivity contribution in [1.29, 1.82) is 0 Å². The Kier molecular flexibility index (Phi) is 6.89. The number of fused-ring (bicyclic) bond motifs is 1. The average Bonchev–Trinajstić information content (AvgIpc) is 3.60. The minimum Gasteiger partial charge on any atom is -0.0995 e. The molecule has 0 bridgehead atoms. The van der Waals surface area contributed by atoms with Crippen LogP contribution in [-0.2, 0) is 0 Å². The second kappa shape index (κ2) is 10.1. The van der Waals surface area contributed by atoms with Crippen LogP contribution in [0.5, 0.6) is 0 Å². The van der Waals surface area contributed by atoms with E-state index in [1.54, 1.807) is 11.1 Å². The lowest BCUT2D eigenvalue weighted by molar-refractivity contribution is 0.281. The molecule has 0 heteroatoms. The first kappa shape index (κ1) is 24.6. The Balaban J connectivity index is 1.37. The van der Waals surface area contributed by atoms with Gasteiger partial charge in [0.2, 0.25) is 0 Å².